The first-order valence-corrected chi connectivity index (χ1v) is 9.23. The van der Waals surface area contributed by atoms with Crippen LogP contribution < -0.4 is 10.6 Å². The molecule has 0 aliphatic heterocycles. The molecule has 0 bridgehead atoms. The Morgan fingerprint density at radius 1 is 0.963 bits per heavy atom. The summed E-state index contributed by atoms with van der Waals surface area (Å²) in [7, 11) is 0. The van der Waals surface area contributed by atoms with Gasteiger partial charge in [-0.05, 0) is 29.2 Å². The highest BCUT2D eigenvalue weighted by Gasteiger charge is 2.19. The number of carbonyl (C=O) groups excluding carboxylic acids is 2. The molecule has 2 aromatic carbocycles. The fourth-order valence-corrected chi connectivity index (χ4v) is 2.80. The summed E-state index contributed by atoms with van der Waals surface area (Å²) < 4.78 is 0. The molecule has 0 saturated carbocycles. The Hall–Kier alpha value is -2.89. The zero-order chi connectivity index (χ0) is 19.6. The second-order valence-corrected chi connectivity index (χ2v) is 6.57. The average Bonchev–Trinajstić information content (AvgIpc) is 2.67. The van der Waals surface area contributed by atoms with Gasteiger partial charge >= 0.3 is 5.97 Å². The van der Waals surface area contributed by atoms with E-state index in [0.717, 1.165) is 22.8 Å². The molecule has 144 valence electrons. The van der Waals surface area contributed by atoms with E-state index in [-0.39, 0.29) is 31.2 Å². The maximum Gasteiger partial charge on any atom is 0.308 e. The summed E-state index contributed by atoms with van der Waals surface area (Å²) in [5, 5.41) is 17.0. The number of carboxylic acids is 1. The van der Waals surface area contributed by atoms with Crippen LogP contribution in [0.2, 0.25) is 0 Å². The van der Waals surface area contributed by atoms with Crippen LogP contribution in [0, 0.1) is 5.92 Å². The lowest BCUT2D eigenvalue weighted by atomic mass is 9.97. The van der Waals surface area contributed by atoms with E-state index in [1.165, 1.54) is 0 Å². The van der Waals surface area contributed by atoms with Gasteiger partial charge in [-0.25, -0.2) is 0 Å². The number of hydrogen-bond donors (Lipinski definition) is 3. The summed E-state index contributed by atoms with van der Waals surface area (Å²) in [4.78, 5) is 35.0. The minimum Gasteiger partial charge on any atom is -0.481 e. The van der Waals surface area contributed by atoms with Crippen LogP contribution in [-0.2, 0) is 20.8 Å². The third-order valence-corrected chi connectivity index (χ3v) is 4.34. The fourth-order valence-electron chi connectivity index (χ4n) is 2.80. The highest BCUT2D eigenvalue weighted by Crippen LogP contribution is 2.18. The number of benzene rings is 2. The predicted octanol–water partition coefficient (Wildman–Crippen LogP) is 2.51. The number of rotatable bonds is 10. The molecule has 1 unspecified atom stereocenters. The van der Waals surface area contributed by atoms with Gasteiger partial charge in [-0.15, -0.1) is 0 Å². The summed E-state index contributed by atoms with van der Waals surface area (Å²) in [5.74, 6) is -2.16. The van der Waals surface area contributed by atoms with Gasteiger partial charge in [0.25, 0.3) is 0 Å². The van der Waals surface area contributed by atoms with E-state index in [1.807, 2.05) is 49.4 Å². The summed E-state index contributed by atoms with van der Waals surface area (Å²) in [6, 6.07) is 13.8. The number of hydrogen-bond acceptors (Lipinski definition) is 3. The molecule has 27 heavy (non-hydrogen) atoms. The normalized spacial score (nSPS) is 11.7. The molecule has 3 N–H and O–H groups in total. The SMILES string of the molecule is CCCNC(=O)CCC(=O)NCC(Cc1ccc2ccccc2c1)C(=O)O. The largest absolute Gasteiger partial charge is 0.481 e. The lowest BCUT2D eigenvalue weighted by Gasteiger charge is -2.14. The first-order chi connectivity index (χ1) is 13.0. The number of carboxylic acid groups (broad SMARTS) is 1. The fraction of sp³-hybridized carbons (Fsp3) is 0.381. The lowest BCUT2D eigenvalue weighted by molar-refractivity contribution is -0.141. The van der Waals surface area contributed by atoms with Gasteiger partial charge < -0.3 is 15.7 Å². The zero-order valence-corrected chi connectivity index (χ0v) is 15.5. The van der Waals surface area contributed by atoms with Crippen molar-refractivity contribution >= 4 is 28.6 Å². The molecule has 0 aliphatic carbocycles. The van der Waals surface area contributed by atoms with Gasteiger partial charge in [0, 0.05) is 25.9 Å². The molecule has 0 radical (unpaired) electrons. The molecule has 1 atom stereocenters. The first-order valence-electron chi connectivity index (χ1n) is 9.23. The Morgan fingerprint density at radius 3 is 2.30 bits per heavy atom. The molecule has 2 aromatic rings. The van der Waals surface area contributed by atoms with E-state index in [0.29, 0.717) is 13.0 Å². The molecule has 6 heteroatoms. The highest BCUT2D eigenvalue weighted by atomic mass is 16.4. The van der Waals surface area contributed by atoms with Crippen LogP contribution in [0.1, 0.15) is 31.7 Å². The molecule has 2 rings (SSSR count). The number of fused-ring (bicyclic) bond motifs is 1. The van der Waals surface area contributed by atoms with E-state index in [9.17, 15) is 19.5 Å². The second kappa shape index (κ2) is 10.3. The van der Waals surface area contributed by atoms with Gasteiger partial charge in [0.05, 0.1) is 5.92 Å². The molecule has 0 aromatic heterocycles. The molecule has 0 heterocycles. The summed E-state index contributed by atoms with van der Waals surface area (Å²) in [6.07, 6.45) is 1.33. The van der Waals surface area contributed by atoms with Gasteiger partial charge in [-0.1, -0.05) is 49.4 Å². The van der Waals surface area contributed by atoms with E-state index in [2.05, 4.69) is 10.6 Å². The van der Waals surface area contributed by atoms with Crippen molar-refractivity contribution < 1.29 is 19.5 Å². The van der Waals surface area contributed by atoms with Crippen molar-refractivity contribution in [3.8, 4) is 0 Å². The van der Waals surface area contributed by atoms with Gasteiger partial charge in [0.1, 0.15) is 0 Å². The van der Waals surface area contributed by atoms with Crippen molar-refractivity contribution in [2.24, 2.45) is 5.92 Å². The Labute approximate surface area is 159 Å². The molecular formula is C21H26N2O4. The molecule has 2 amide bonds. The summed E-state index contributed by atoms with van der Waals surface area (Å²) in [5.41, 5.74) is 0.911. The lowest BCUT2D eigenvalue weighted by Crippen LogP contribution is -2.35. The van der Waals surface area contributed by atoms with Crippen molar-refractivity contribution in [1.82, 2.24) is 10.6 Å². The van der Waals surface area contributed by atoms with Gasteiger partial charge in [0.15, 0.2) is 0 Å². The maximum atomic E-state index is 11.9. The van der Waals surface area contributed by atoms with Gasteiger partial charge in [-0.3, -0.25) is 14.4 Å². The quantitative estimate of drug-likeness (QED) is 0.599. The Balaban J connectivity index is 1.86. The molecule has 0 saturated heterocycles. The molecular weight excluding hydrogens is 344 g/mol. The molecule has 0 spiro atoms. The standard InChI is InChI=1S/C21H26N2O4/c1-2-11-22-19(24)9-10-20(25)23-14-18(21(26)27)13-15-7-8-16-5-3-4-6-17(16)12-15/h3-8,12,18H,2,9-11,13-14H2,1H3,(H,22,24)(H,23,25)(H,26,27). The van der Waals surface area contributed by atoms with E-state index >= 15 is 0 Å². The zero-order valence-electron chi connectivity index (χ0n) is 15.5. The summed E-state index contributed by atoms with van der Waals surface area (Å²) in [6.45, 7) is 2.58. The minimum atomic E-state index is -0.954. The van der Waals surface area contributed by atoms with Crippen LogP contribution in [0.5, 0.6) is 0 Å². The van der Waals surface area contributed by atoms with Crippen molar-refractivity contribution in [2.45, 2.75) is 32.6 Å². The topological polar surface area (TPSA) is 95.5 Å². The van der Waals surface area contributed by atoms with Gasteiger partial charge in [-0.2, -0.15) is 0 Å². The van der Waals surface area contributed by atoms with Crippen molar-refractivity contribution in [3.63, 3.8) is 0 Å². The number of aliphatic carboxylic acids is 1. The van der Waals surface area contributed by atoms with Crippen LogP contribution in [0.25, 0.3) is 10.8 Å². The highest BCUT2D eigenvalue weighted by molar-refractivity contribution is 5.84. The van der Waals surface area contributed by atoms with E-state index in [4.69, 9.17) is 0 Å². The van der Waals surface area contributed by atoms with Gasteiger partial charge in [0.2, 0.25) is 11.8 Å². The number of carbonyl (C=O) groups is 3. The predicted molar refractivity (Wildman–Crippen MR) is 104 cm³/mol. The third-order valence-electron chi connectivity index (χ3n) is 4.34. The van der Waals surface area contributed by atoms with Crippen molar-refractivity contribution in [3.05, 3.63) is 48.0 Å². The van der Waals surface area contributed by atoms with Crippen molar-refractivity contribution in [2.75, 3.05) is 13.1 Å². The van der Waals surface area contributed by atoms with Crippen molar-refractivity contribution in [1.29, 1.82) is 0 Å². The van der Waals surface area contributed by atoms with Crippen LogP contribution in [0.15, 0.2) is 42.5 Å². The monoisotopic (exact) mass is 370 g/mol. The Morgan fingerprint density at radius 2 is 1.63 bits per heavy atom. The van der Waals surface area contributed by atoms with E-state index in [1.54, 1.807) is 0 Å². The third kappa shape index (κ3) is 6.73. The summed E-state index contributed by atoms with van der Waals surface area (Å²) >= 11 is 0. The molecule has 6 nitrogen and oxygen atoms in total. The van der Waals surface area contributed by atoms with Crippen LogP contribution in [0.4, 0.5) is 0 Å². The number of amides is 2. The smallest absolute Gasteiger partial charge is 0.308 e. The first kappa shape index (κ1) is 20.4. The molecule has 0 fully saturated rings. The van der Waals surface area contributed by atoms with Crippen LogP contribution in [-0.4, -0.2) is 36.0 Å². The molecule has 0 aliphatic rings. The minimum absolute atomic E-state index is 0.0393. The average molecular weight is 370 g/mol. The maximum absolute atomic E-state index is 11.9. The second-order valence-electron chi connectivity index (χ2n) is 6.57. The van der Waals surface area contributed by atoms with Crippen LogP contribution in [0.3, 0.4) is 0 Å². The number of nitrogens with one attached hydrogen (secondary N) is 2. The Kier molecular flexibility index (Phi) is 7.79. The van der Waals surface area contributed by atoms with E-state index < -0.39 is 11.9 Å². The van der Waals surface area contributed by atoms with Crippen LogP contribution >= 0.6 is 0 Å². The Bertz CT molecular complexity index is 804.